The van der Waals surface area contributed by atoms with E-state index >= 15 is 0 Å². The lowest BCUT2D eigenvalue weighted by Crippen LogP contribution is -2.32. The zero-order chi connectivity index (χ0) is 23.2. The molecule has 4 aromatic rings. The summed E-state index contributed by atoms with van der Waals surface area (Å²) in [7, 11) is 3.30. The first-order valence-corrected chi connectivity index (χ1v) is 11.1. The number of ether oxygens (including phenoxy) is 3. The molecule has 7 nitrogen and oxygen atoms in total. The van der Waals surface area contributed by atoms with Crippen LogP contribution in [0.4, 0.5) is 5.95 Å². The monoisotopic (exact) mass is 452 g/mol. The first kappa shape index (κ1) is 20.4. The maximum atomic E-state index is 6.68. The van der Waals surface area contributed by atoms with Crippen molar-refractivity contribution in [1.82, 2.24) is 14.8 Å². The minimum atomic E-state index is -0.337. The minimum absolute atomic E-state index is 0.322. The number of para-hydroxylation sites is 2. The SMILES string of the molecule is COc1cccc([C@H]2C3=C(Nc4ncnn42)c2ccccc2O[C@H]3c2cccc(C)c2)c1OC. The summed E-state index contributed by atoms with van der Waals surface area (Å²) in [6.45, 7) is 2.09. The van der Waals surface area contributed by atoms with E-state index in [9.17, 15) is 0 Å². The normalized spacial score (nSPS) is 18.2. The van der Waals surface area contributed by atoms with Gasteiger partial charge >= 0.3 is 0 Å². The Hall–Kier alpha value is -4.26. The summed E-state index contributed by atoms with van der Waals surface area (Å²) < 4.78 is 20.0. The Bertz CT molecular complexity index is 1420. The second kappa shape index (κ2) is 7.95. The third kappa shape index (κ3) is 3.04. The van der Waals surface area contributed by atoms with Crippen LogP contribution in [0.2, 0.25) is 0 Å². The largest absolute Gasteiger partial charge is 0.493 e. The van der Waals surface area contributed by atoms with Gasteiger partial charge in [0.1, 0.15) is 24.2 Å². The number of hydrogen-bond acceptors (Lipinski definition) is 6. The third-order valence-corrected chi connectivity index (χ3v) is 6.39. The highest BCUT2D eigenvalue weighted by Gasteiger charge is 2.42. The number of aryl methyl sites for hydroxylation is 1. The van der Waals surface area contributed by atoms with E-state index < -0.39 is 0 Å². The molecule has 3 heterocycles. The van der Waals surface area contributed by atoms with Gasteiger partial charge in [-0.1, -0.05) is 54.1 Å². The molecule has 0 aliphatic carbocycles. The van der Waals surface area contributed by atoms with E-state index in [-0.39, 0.29) is 12.1 Å². The number of aromatic nitrogens is 3. The van der Waals surface area contributed by atoms with Crippen molar-refractivity contribution >= 4 is 11.6 Å². The van der Waals surface area contributed by atoms with Crippen molar-refractivity contribution < 1.29 is 14.2 Å². The topological polar surface area (TPSA) is 70.4 Å². The highest BCUT2D eigenvalue weighted by molar-refractivity contribution is 5.85. The molecule has 7 heteroatoms. The van der Waals surface area contributed by atoms with Crippen LogP contribution < -0.4 is 19.5 Å². The maximum Gasteiger partial charge on any atom is 0.226 e. The summed E-state index contributed by atoms with van der Waals surface area (Å²) >= 11 is 0. The van der Waals surface area contributed by atoms with Crippen LogP contribution in [-0.4, -0.2) is 29.0 Å². The molecule has 0 unspecified atom stereocenters. The average Bonchev–Trinajstić information content (AvgIpc) is 3.34. The van der Waals surface area contributed by atoms with Crippen molar-refractivity contribution in [3.8, 4) is 17.2 Å². The predicted octanol–water partition coefficient (Wildman–Crippen LogP) is 5.16. The van der Waals surface area contributed by atoms with E-state index in [2.05, 4.69) is 52.7 Å². The summed E-state index contributed by atoms with van der Waals surface area (Å²) in [5.41, 5.74) is 6.16. The molecule has 0 fully saturated rings. The standard InChI is InChI=1S/C27H24N4O3/c1-16-8-6-9-17(14-16)25-22-23(18-10-4-5-12-20(18)34-25)30-27-28-15-29-31(27)24(22)19-11-7-13-21(32-2)26(19)33-3/h4-15,24-25H,1-3H3,(H,28,29,30)/t24-,25-/m0/s1. The second-order valence-corrected chi connectivity index (χ2v) is 8.38. The first-order valence-electron chi connectivity index (χ1n) is 11.1. The van der Waals surface area contributed by atoms with Crippen LogP contribution in [0.25, 0.3) is 5.70 Å². The number of fused-ring (bicyclic) bond motifs is 3. The van der Waals surface area contributed by atoms with Crippen molar-refractivity contribution in [3.05, 3.63) is 101 Å². The third-order valence-electron chi connectivity index (χ3n) is 6.39. The number of benzene rings is 3. The summed E-state index contributed by atoms with van der Waals surface area (Å²) in [6.07, 6.45) is 1.23. The first-order chi connectivity index (χ1) is 16.7. The molecule has 1 aromatic heterocycles. The van der Waals surface area contributed by atoms with Crippen LogP contribution in [0.3, 0.4) is 0 Å². The summed E-state index contributed by atoms with van der Waals surface area (Å²) in [6, 6.07) is 22.1. The average molecular weight is 453 g/mol. The van der Waals surface area contributed by atoms with Crippen molar-refractivity contribution in [2.24, 2.45) is 0 Å². The lowest BCUT2D eigenvalue weighted by molar-refractivity contribution is 0.222. The molecule has 0 amide bonds. The van der Waals surface area contributed by atoms with Crippen LogP contribution >= 0.6 is 0 Å². The van der Waals surface area contributed by atoms with Gasteiger partial charge < -0.3 is 19.5 Å². The molecule has 2 aliphatic rings. The summed E-state index contributed by atoms with van der Waals surface area (Å²) in [4.78, 5) is 4.50. The van der Waals surface area contributed by atoms with E-state index in [0.29, 0.717) is 17.4 Å². The second-order valence-electron chi connectivity index (χ2n) is 8.38. The number of hydrogen-bond donors (Lipinski definition) is 1. The number of anilines is 1. The van der Waals surface area contributed by atoms with Crippen LogP contribution in [-0.2, 0) is 0 Å². The fourth-order valence-electron chi connectivity index (χ4n) is 4.95. The zero-order valence-corrected chi connectivity index (χ0v) is 19.1. The summed E-state index contributed by atoms with van der Waals surface area (Å²) in [5.74, 6) is 2.80. The predicted molar refractivity (Wildman–Crippen MR) is 129 cm³/mol. The highest BCUT2D eigenvalue weighted by atomic mass is 16.5. The van der Waals surface area contributed by atoms with Crippen LogP contribution in [0, 0.1) is 6.92 Å². The molecular formula is C27H24N4O3. The lowest BCUT2D eigenvalue weighted by Gasteiger charge is -2.39. The van der Waals surface area contributed by atoms with E-state index in [4.69, 9.17) is 14.2 Å². The fraction of sp³-hybridized carbons (Fsp3) is 0.185. The van der Waals surface area contributed by atoms with Gasteiger partial charge in [-0.3, -0.25) is 0 Å². The van der Waals surface area contributed by atoms with E-state index in [0.717, 1.165) is 33.7 Å². The van der Waals surface area contributed by atoms with Gasteiger partial charge in [0.05, 0.1) is 19.9 Å². The van der Waals surface area contributed by atoms with Gasteiger partial charge in [0.25, 0.3) is 0 Å². The van der Waals surface area contributed by atoms with Crippen molar-refractivity contribution in [1.29, 1.82) is 0 Å². The number of methoxy groups -OCH3 is 2. The van der Waals surface area contributed by atoms with Gasteiger partial charge in [-0.2, -0.15) is 10.1 Å². The summed E-state index contributed by atoms with van der Waals surface area (Å²) in [5, 5.41) is 8.13. The van der Waals surface area contributed by atoms with E-state index in [1.54, 1.807) is 20.5 Å². The maximum absolute atomic E-state index is 6.68. The molecule has 0 radical (unpaired) electrons. The van der Waals surface area contributed by atoms with Crippen LogP contribution in [0.5, 0.6) is 17.2 Å². The van der Waals surface area contributed by atoms with Gasteiger partial charge in [-0.15, -0.1) is 0 Å². The Balaban J connectivity index is 1.66. The lowest BCUT2D eigenvalue weighted by atomic mass is 9.84. The highest BCUT2D eigenvalue weighted by Crippen LogP contribution is 2.52. The molecular weight excluding hydrogens is 428 g/mol. The molecule has 34 heavy (non-hydrogen) atoms. The molecule has 3 aromatic carbocycles. The number of rotatable bonds is 4. The molecule has 0 spiro atoms. The molecule has 0 saturated heterocycles. The molecule has 0 saturated carbocycles. The molecule has 1 N–H and O–H groups in total. The Labute approximate surface area is 197 Å². The molecule has 2 atom stereocenters. The van der Waals surface area contributed by atoms with Crippen molar-refractivity contribution in [2.75, 3.05) is 19.5 Å². The van der Waals surface area contributed by atoms with Crippen molar-refractivity contribution in [2.45, 2.75) is 19.1 Å². The van der Waals surface area contributed by atoms with Crippen LogP contribution in [0.1, 0.15) is 34.4 Å². The molecule has 6 rings (SSSR count). The van der Waals surface area contributed by atoms with E-state index in [1.807, 2.05) is 41.1 Å². The quantitative estimate of drug-likeness (QED) is 0.461. The Morgan fingerprint density at radius 3 is 2.65 bits per heavy atom. The van der Waals surface area contributed by atoms with Gasteiger partial charge in [-0.05, 0) is 30.7 Å². The van der Waals surface area contributed by atoms with Gasteiger partial charge in [-0.25, -0.2) is 4.68 Å². The van der Waals surface area contributed by atoms with E-state index in [1.165, 1.54) is 5.56 Å². The zero-order valence-electron chi connectivity index (χ0n) is 19.1. The fourth-order valence-corrected chi connectivity index (χ4v) is 4.95. The number of nitrogens with one attached hydrogen (secondary N) is 1. The Morgan fingerprint density at radius 1 is 0.971 bits per heavy atom. The molecule has 0 bridgehead atoms. The van der Waals surface area contributed by atoms with Gasteiger partial charge in [0.15, 0.2) is 11.5 Å². The van der Waals surface area contributed by atoms with Gasteiger partial charge in [0, 0.05) is 16.7 Å². The van der Waals surface area contributed by atoms with Crippen LogP contribution in [0.15, 0.2) is 78.6 Å². The molecule has 2 aliphatic heterocycles. The number of nitrogens with zero attached hydrogens (tertiary/aromatic N) is 3. The molecule has 170 valence electrons. The van der Waals surface area contributed by atoms with Gasteiger partial charge in [0.2, 0.25) is 5.95 Å². The smallest absolute Gasteiger partial charge is 0.226 e. The Morgan fingerprint density at radius 2 is 1.82 bits per heavy atom. The van der Waals surface area contributed by atoms with Crippen molar-refractivity contribution in [3.63, 3.8) is 0 Å². The minimum Gasteiger partial charge on any atom is -0.493 e. The Kier molecular flexibility index (Phi) is 4.76.